The molecule has 28 heavy (non-hydrogen) atoms. The molecule has 0 saturated carbocycles. The Morgan fingerprint density at radius 1 is 1.18 bits per heavy atom. The number of amides is 1. The van der Waals surface area contributed by atoms with E-state index >= 15 is 0 Å². The Hall–Kier alpha value is -1.52. The smallest absolute Gasteiger partial charge is 0.245 e. The molecule has 1 aromatic carbocycles. The molecule has 2 heterocycles. The third-order valence-electron chi connectivity index (χ3n) is 5.41. The van der Waals surface area contributed by atoms with Crippen LogP contribution >= 0.6 is 0 Å². The van der Waals surface area contributed by atoms with Crippen molar-refractivity contribution in [2.24, 2.45) is 5.92 Å². The highest BCUT2D eigenvalue weighted by molar-refractivity contribution is 7.91. The summed E-state index contributed by atoms with van der Waals surface area (Å²) in [4.78, 5) is 11.7. The summed E-state index contributed by atoms with van der Waals surface area (Å²) in [6, 6.07) is 5.05. The average Bonchev–Trinajstić information content (AvgIpc) is 2.99. The fourth-order valence-corrected chi connectivity index (χ4v) is 6.98. The van der Waals surface area contributed by atoms with Crippen LogP contribution in [-0.2, 0) is 24.7 Å². The Bertz CT molecular complexity index is 925. The van der Waals surface area contributed by atoms with E-state index in [4.69, 9.17) is 0 Å². The Balaban J connectivity index is 1.45. The molecule has 1 N–H and O–H groups in total. The fraction of sp³-hybridized carbons (Fsp3) is 0.611. The minimum Gasteiger partial charge on any atom is -0.352 e. The van der Waals surface area contributed by atoms with Gasteiger partial charge in [-0.2, -0.15) is 4.31 Å². The Morgan fingerprint density at radius 3 is 2.46 bits per heavy atom. The molecule has 2 aliphatic rings. The molecule has 2 saturated heterocycles. The molecule has 0 spiro atoms. The lowest BCUT2D eigenvalue weighted by atomic mass is 9.93. The van der Waals surface area contributed by atoms with Crippen LogP contribution in [0.15, 0.2) is 29.2 Å². The number of sulfone groups is 1. The summed E-state index contributed by atoms with van der Waals surface area (Å²) in [5.74, 6) is -0.582. The van der Waals surface area contributed by atoms with Crippen LogP contribution in [0.5, 0.6) is 0 Å². The maximum Gasteiger partial charge on any atom is 0.245 e. The lowest BCUT2D eigenvalue weighted by molar-refractivity contribution is -0.122. The van der Waals surface area contributed by atoms with E-state index in [-0.39, 0.29) is 34.3 Å². The van der Waals surface area contributed by atoms with Gasteiger partial charge in [-0.15, -0.1) is 0 Å². The van der Waals surface area contributed by atoms with Gasteiger partial charge < -0.3 is 5.32 Å². The number of carbonyl (C=O) groups excluding carboxylic acids is 1. The van der Waals surface area contributed by atoms with Crippen LogP contribution in [0.25, 0.3) is 0 Å². The minimum atomic E-state index is -3.85. The van der Waals surface area contributed by atoms with E-state index in [1.807, 2.05) is 0 Å². The van der Waals surface area contributed by atoms with E-state index in [0.29, 0.717) is 45.2 Å². The predicted molar refractivity (Wildman–Crippen MR) is 102 cm³/mol. The Labute approximate surface area is 165 Å². The molecule has 156 valence electrons. The van der Waals surface area contributed by atoms with Gasteiger partial charge in [-0.3, -0.25) is 4.79 Å². The molecule has 1 amide bonds. The van der Waals surface area contributed by atoms with Crippen molar-refractivity contribution >= 4 is 25.8 Å². The van der Waals surface area contributed by atoms with Gasteiger partial charge in [-0.25, -0.2) is 21.2 Å². The largest absolute Gasteiger partial charge is 0.352 e. The van der Waals surface area contributed by atoms with Crippen LogP contribution in [0.4, 0.5) is 4.39 Å². The van der Waals surface area contributed by atoms with Crippen molar-refractivity contribution in [3.8, 4) is 0 Å². The molecule has 3 rings (SSSR count). The van der Waals surface area contributed by atoms with E-state index in [1.165, 1.54) is 22.5 Å². The van der Waals surface area contributed by atoms with E-state index < -0.39 is 25.7 Å². The number of sulfonamides is 1. The summed E-state index contributed by atoms with van der Waals surface area (Å²) in [5, 5.41) is 2.77. The van der Waals surface area contributed by atoms with Crippen LogP contribution in [0.2, 0.25) is 0 Å². The molecule has 1 unspecified atom stereocenters. The van der Waals surface area contributed by atoms with Crippen LogP contribution < -0.4 is 5.32 Å². The molecular formula is C18H25FN2O5S2. The number of rotatable bonds is 6. The Kier molecular flexibility index (Phi) is 6.41. The van der Waals surface area contributed by atoms with E-state index in [0.717, 1.165) is 6.07 Å². The molecule has 0 aliphatic carbocycles. The van der Waals surface area contributed by atoms with Gasteiger partial charge in [0.2, 0.25) is 15.9 Å². The first-order valence-electron chi connectivity index (χ1n) is 9.42. The van der Waals surface area contributed by atoms with Crippen LogP contribution in [0.3, 0.4) is 0 Å². The Morgan fingerprint density at radius 2 is 1.86 bits per heavy atom. The molecule has 7 nitrogen and oxygen atoms in total. The second-order valence-electron chi connectivity index (χ2n) is 7.48. The van der Waals surface area contributed by atoms with Crippen LogP contribution in [0, 0.1) is 11.7 Å². The highest BCUT2D eigenvalue weighted by Gasteiger charge is 2.32. The molecule has 0 radical (unpaired) electrons. The molecule has 10 heteroatoms. The third-order valence-corrected chi connectivity index (χ3v) is 9.11. The van der Waals surface area contributed by atoms with E-state index in [9.17, 15) is 26.0 Å². The molecule has 2 aliphatic heterocycles. The highest BCUT2D eigenvalue weighted by Crippen LogP contribution is 2.27. The van der Waals surface area contributed by atoms with E-state index in [2.05, 4.69) is 5.32 Å². The summed E-state index contributed by atoms with van der Waals surface area (Å²) in [6.07, 6.45) is 2.60. The van der Waals surface area contributed by atoms with Crippen molar-refractivity contribution < 1.29 is 26.0 Å². The number of hydrogen-bond donors (Lipinski definition) is 1. The standard InChI is InChI=1S/C18H25FN2O5S2/c19-16-3-1-2-4-17(16)28(25,26)21-10-7-14(8-11-21)5-6-18(22)20-15-9-12-27(23,24)13-15/h1-4,14-15H,5-13H2,(H,20,22). The van der Waals surface area contributed by atoms with Crippen molar-refractivity contribution in [1.82, 2.24) is 9.62 Å². The zero-order valence-electron chi connectivity index (χ0n) is 15.5. The first-order valence-corrected chi connectivity index (χ1v) is 12.7. The zero-order chi connectivity index (χ0) is 20.4. The number of nitrogens with zero attached hydrogens (tertiary/aromatic N) is 1. The van der Waals surface area contributed by atoms with E-state index in [1.54, 1.807) is 0 Å². The zero-order valence-corrected chi connectivity index (χ0v) is 17.1. The van der Waals surface area contributed by atoms with Crippen LogP contribution in [0.1, 0.15) is 32.1 Å². The monoisotopic (exact) mass is 432 g/mol. The molecule has 1 aromatic rings. The maximum atomic E-state index is 13.9. The molecule has 0 aromatic heterocycles. The lowest BCUT2D eigenvalue weighted by Crippen LogP contribution is -2.39. The number of benzene rings is 1. The van der Waals surface area contributed by atoms with Crippen LogP contribution in [-0.4, -0.2) is 57.7 Å². The van der Waals surface area contributed by atoms with Gasteiger partial charge >= 0.3 is 0 Å². The predicted octanol–water partition coefficient (Wildman–Crippen LogP) is 1.31. The highest BCUT2D eigenvalue weighted by atomic mass is 32.2. The summed E-state index contributed by atoms with van der Waals surface area (Å²) in [6.45, 7) is 0.591. The van der Waals surface area contributed by atoms with Gasteiger partial charge in [-0.1, -0.05) is 12.1 Å². The third kappa shape index (κ3) is 5.09. The normalized spacial score (nSPS) is 23.5. The number of nitrogens with one attached hydrogen (secondary N) is 1. The molecule has 1 atom stereocenters. The number of halogens is 1. The van der Waals surface area contributed by atoms with Crippen molar-refractivity contribution in [2.75, 3.05) is 24.6 Å². The second-order valence-corrected chi connectivity index (χ2v) is 11.6. The van der Waals surface area contributed by atoms with Gasteiger partial charge in [0.05, 0.1) is 11.5 Å². The first-order chi connectivity index (χ1) is 13.2. The SMILES string of the molecule is O=C(CCC1CCN(S(=O)(=O)c2ccccc2F)CC1)NC1CCS(=O)(=O)C1. The lowest BCUT2D eigenvalue weighted by Gasteiger charge is -2.31. The minimum absolute atomic E-state index is 0.00499. The number of piperidine rings is 1. The summed E-state index contributed by atoms with van der Waals surface area (Å²) >= 11 is 0. The van der Waals surface area contributed by atoms with Crippen molar-refractivity contribution in [2.45, 2.75) is 43.0 Å². The summed E-state index contributed by atoms with van der Waals surface area (Å²) in [5.41, 5.74) is 0. The van der Waals surface area contributed by atoms with Gasteiger partial charge in [0.1, 0.15) is 10.7 Å². The van der Waals surface area contributed by atoms with Crippen molar-refractivity contribution in [3.05, 3.63) is 30.1 Å². The molecule has 2 fully saturated rings. The van der Waals surface area contributed by atoms with Gasteiger partial charge in [-0.05, 0) is 43.7 Å². The second kappa shape index (κ2) is 8.46. The molecule has 0 bridgehead atoms. The van der Waals surface area contributed by atoms with Gasteiger partial charge in [0.25, 0.3) is 0 Å². The quantitative estimate of drug-likeness (QED) is 0.731. The summed E-state index contributed by atoms with van der Waals surface area (Å²) < 4.78 is 63.2. The topological polar surface area (TPSA) is 101 Å². The first kappa shape index (κ1) is 21.2. The van der Waals surface area contributed by atoms with Gasteiger partial charge in [0, 0.05) is 25.6 Å². The average molecular weight is 433 g/mol. The number of hydrogen-bond acceptors (Lipinski definition) is 5. The summed E-state index contributed by atoms with van der Waals surface area (Å²) in [7, 11) is -6.88. The van der Waals surface area contributed by atoms with Crippen molar-refractivity contribution in [1.29, 1.82) is 0 Å². The maximum absolute atomic E-state index is 13.9. The molecular weight excluding hydrogens is 407 g/mol. The fourth-order valence-electron chi connectivity index (χ4n) is 3.78. The number of carbonyl (C=O) groups is 1. The van der Waals surface area contributed by atoms with Gasteiger partial charge in [0.15, 0.2) is 9.84 Å². The van der Waals surface area contributed by atoms with Crippen molar-refractivity contribution in [3.63, 3.8) is 0 Å².